The maximum absolute atomic E-state index is 12.4. The van der Waals surface area contributed by atoms with Gasteiger partial charge < -0.3 is 20.5 Å². The Balaban J connectivity index is 2.42. The summed E-state index contributed by atoms with van der Waals surface area (Å²) in [7, 11) is 3.12. The third-order valence-electron chi connectivity index (χ3n) is 3.18. The van der Waals surface area contributed by atoms with Crippen molar-refractivity contribution < 1.29 is 14.3 Å². The molecule has 0 aliphatic heterocycles. The minimum absolute atomic E-state index is 0.167. The Hall–Kier alpha value is -1.77. The number of methoxy groups -OCH3 is 2. The molecule has 7 nitrogen and oxygen atoms in total. The molecule has 0 atom stereocenters. The molecule has 0 radical (unpaired) electrons. The van der Waals surface area contributed by atoms with Crippen molar-refractivity contribution in [1.29, 1.82) is 0 Å². The van der Waals surface area contributed by atoms with Gasteiger partial charge in [0.25, 0.3) is 5.91 Å². The molecule has 2 aromatic heterocycles. The van der Waals surface area contributed by atoms with Crippen LogP contribution in [0.3, 0.4) is 0 Å². The molecule has 2 aromatic rings. The number of hydrogen-bond donors (Lipinski definition) is 2. The van der Waals surface area contributed by atoms with Crippen LogP contribution in [0.1, 0.15) is 34.9 Å². The van der Waals surface area contributed by atoms with Gasteiger partial charge in [-0.3, -0.25) is 4.79 Å². The highest BCUT2D eigenvalue weighted by molar-refractivity contribution is 7.20. The van der Waals surface area contributed by atoms with Crippen molar-refractivity contribution >= 4 is 27.5 Å². The van der Waals surface area contributed by atoms with E-state index >= 15 is 0 Å². The van der Waals surface area contributed by atoms with Crippen LogP contribution in [0.15, 0.2) is 0 Å². The second kappa shape index (κ2) is 6.77. The molecule has 0 aromatic carbocycles. The molecule has 126 valence electrons. The summed E-state index contributed by atoms with van der Waals surface area (Å²) in [6.45, 7) is 6.25. The van der Waals surface area contributed by atoms with Crippen molar-refractivity contribution in [3.63, 3.8) is 0 Å². The Kier molecular flexibility index (Phi) is 5.18. The third kappa shape index (κ3) is 3.95. The molecule has 0 fully saturated rings. The number of fused-ring (bicyclic) bond motifs is 1. The normalized spacial score (nSPS) is 11.7. The van der Waals surface area contributed by atoms with E-state index in [4.69, 9.17) is 15.2 Å². The number of nitrogens with two attached hydrogens (primary N) is 1. The molecule has 0 spiro atoms. The first-order valence-corrected chi connectivity index (χ1v) is 7.98. The number of aromatic nitrogens is 2. The predicted octanol–water partition coefficient (Wildman–Crippen LogP) is 1.62. The summed E-state index contributed by atoms with van der Waals surface area (Å²) in [5.74, 6) is 0.807. The first-order chi connectivity index (χ1) is 10.8. The molecule has 0 aliphatic rings. The Labute approximate surface area is 139 Å². The summed E-state index contributed by atoms with van der Waals surface area (Å²) in [5.41, 5.74) is 6.24. The zero-order valence-electron chi connectivity index (χ0n) is 14.0. The first kappa shape index (κ1) is 17.6. The van der Waals surface area contributed by atoms with Crippen molar-refractivity contribution in [2.24, 2.45) is 5.73 Å². The zero-order chi connectivity index (χ0) is 17.2. The fraction of sp³-hybridized carbons (Fsp3) is 0.533. The molecule has 8 heteroatoms. The number of nitrogens with zero attached hydrogens (tertiary/aromatic N) is 2. The van der Waals surface area contributed by atoms with Crippen molar-refractivity contribution in [2.45, 2.75) is 32.9 Å². The summed E-state index contributed by atoms with van der Waals surface area (Å²) < 4.78 is 10.4. The number of nitrogens with one attached hydrogen (secondary N) is 1. The molecular formula is C15H22N4O3S. The van der Waals surface area contributed by atoms with E-state index in [1.165, 1.54) is 11.3 Å². The summed E-state index contributed by atoms with van der Waals surface area (Å²) in [6, 6.07) is 0. The minimum atomic E-state index is -0.469. The second-order valence-corrected chi connectivity index (χ2v) is 6.99. The lowest BCUT2D eigenvalue weighted by atomic mass is 10.1. The van der Waals surface area contributed by atoms with Crippen molar-refractivity contribution in [1.82, 2.24) is 15.3 Å². The van der Waals surface area contributed by atoms with Gasteiger partial charge in [-0.05, 0) is 26.3 Å². The van der Waals surface area contributed by atoms with Crippen LogP contribution in [-0.2, 0) is 11.3 Å². The van der Waals surface area contributed by atoms with Gasteiger partial charge >= 0.3 is 0 Å². The van der Waals surface area contributed by atoms with E-state index in [1.54, 1.807) is 14.2 Å². The Morgan fingerprint density at radius 3 is 2.61 bits per heavy atom. The Bertz CT molecular complexity index is 722. The van der Waals surface area contributed by atoms with Gasteiger partial charge in [0.15, 0.2) is 5.82 Å². The maximum atomic E-state index is 12.4. The molecule has 0 unspecified atom stereocenters. The molecule has 0 aliphatic carbocycles. The van der Waals surface area contributed by atoms with Gasteiger partial charge in [0.1, 0.15) is 11.4 Å². The monoisotopic (exact) mass is 338 g/mol. The zero-order valence-corrected chi connectivity index (χ0v) is 14.8. The second-order valence-electron chi connectivity index (χ2n) is 5.99. The fourth-order valence-electron chi connectivity index (χ4n) is 2.09. The highest BCUT2D eigenvalue weighted by Crippen LogP contribution is 2.35. The van der Waals surface area contributed by atoms with Gasteiger partial charge in [-0.2, -0.15) is 4.98 Å². The lowest BCUT2D eigenvalue weighted by Gasteiger charge is -2.18. The number of amides is 1. The molecule has 0 saturated carbocycles. The Morgan fingerprint density at radius 1 is 1.35 bits per heavy atom. The number of aryl methyl sites for hydroxylation is 1. The number of carbonyl (C=O) groups excluding carboxylic acids is 1. The van der Waals surface area contributed by atoms with Crippen LogP contribution >= 0.6 is 11.3 Å². The topological polar surface area (TPSA) is 99.4 Å². The lowest BCUT2D eigenvalue weighted by molar-refractivity contribution is 0.0949. The largest absolute Gasteiger partial charge is 0.480 e. The summed E-state index contributed by atoms with van der Waals surface area (Å²) >= 11 is 1.31. The third-order valence-corrected chi connectivity index (χ3v) is 4.37. The average Bonchev–Trinajstić information content (AvgIpc) is 2.81. The molecule has 23 heavy (non-hydrogen) atoms. The van der Waals surface area contributed by atoms with Gasteiger partial charge in [0.05, 0.1) is 17.4 Å². The average molecular weight is 338 g/mol. The minimum Gasteiger partial charge on any atom is -0.480 e. The summed E-state index contributed by atoms with van der Waals surface area (Å²) in [5, 5.41) is 3.61. The number of carbonyl (C=O) groups is 1. The molecule has 3 N–H and O–H groups in total. The van der Waals surface area contributed by atoms with E-state index in [2.05, 4.69) is 15.3 Å². The van der Waals surface area contributed by atoms with Gasteiger partial charge in [-0.25, -0.2) is 4.98 Å². The predicted molar refractivity (Wildman–Crippen MR) is 90.0 cm³/mol. The lowest BCUT2D eigenvalue weighted by Crippen LogP contribution is -2.45. The number of thiophene rings is 1. The van der Waals surface area contributed by atoms with Crippen LogP contribution < -0.4 is 15.8 Å². The van der Waals surface area contributed by atoms with E-state index < -0.39 is 5.54 Å². The molecule has 0 bridgehead atoms. The molecule has 2 rings (SSSR count). The molecule has 2 heterocycles. The van der Waals surface area contributed by atoms with Gasteiger partial charge in [0.2, 0.25) is 5.88 Å². The van der Waals surface area contributed by atoms with Crippen LogP contribution in [0.25, 0.3) is 10.2 Å². The quantitative estimate of drug-likeness (QED) is 0.830. The fourth-order valence-corrected chi connectivity index (χ4v) is 3.20. The van der Waals surface area contributed by atoms with E-state index in [9.17, 15) is 4.79 Å². The SMILES string of the molecule is COCc1nc(OC)c2c(C)c(C(=O)NCC(C)(C)N)sc2n1. The van der Waals surface area contributed by atoms with Gasteiger partial charge in [-0.15, -0.1) is 11.3 Å². The smallest absolute Gasteiger partial charge is 0.261 e. The van der Waals surface area contributed by atoms with Gasteiger partial charge in [-0.1, -0.05) is 0 Å². The first-order valence-electron chi connectivity index (χ1n) is 7.17. The van der Waals surface area contributed by atoms with E-state index in [1.807, 2.05) is 20.8 Å². The summed E-state index contributed by atoms with van der Waals surface area (Å²) in [4.78, 5) is 22.5. The van der Waals surface area contributed by atoms with Crippen LogP contribution in [0, 0.1) is 6.92 Å². The van der Waals surface area contributed by atoms with Crippen molar-refractivity contribution in [3.8, 4) is 5.88 Å². The molecular weight excluding hydrogens is 316 g/mol. The Morgan fingerprint density at radius 2 is 2.04 bits per heavy atom. The van der Waals surface area contributed by atoms with Crippen LogP contribution in [-0.4, -0.2) is 42.2 Å². The van der Waals surface area contributed by atoms with Crippen molar-refractivity contribution in [3.05, 3.63) is 16.3 Å². The standard InChI is InChI=1S/C15H22N4O3S/c1-8-10-13(22-5)18-9(6-21-4)19-14(10)23-11(8)12(20)17-7-15(2,3)16/h6-7,16H2,1-5H3,(H,17,20). The van der Waals surface area contributed by atoms with E-state index in [-0.39, 0.29) is 12.5 Å². The number of hydrogen-bond acceptors (Lipinski definition) is 7. The van der Waals surface area contributed by atoms with Crippen LogP contribution in [0.4, 0.5) is 0 Å². The van der Waals surface area contributed by atoms with Crippen LogP contribution in [0.2, 0.25) is 0 Å². The highest BCUT2D eigenvalue weighted by atomic mass is 32.1. The van der Waals surface area contributed by atoms with Crippen LogP contribution in [0.5, 0.6) is 5.88 Å². The summed E-state index contributed by atoms with van der Waals surface area (Å²) in [6.07, 6.45) is 0. The highest BCUT2D eigenvalue weighted by Gasteiger charge is 2.22. The van der Waals surface area contributed by atoms with Crippen molar-refractivity contribution in [2.75, 3.05) is 20.8 Å². The van der Waals surface area contributed by atoms with E-state index in [0.717, 1.165) is 10.9 Å². The van der Waals surface area contributed by atoms with E-state index in [0.29, 0.717) is 28.0 Å². The van der Waals surface area contributed by atoms with Gasteiger partial charge in [0, 0.05) is 19.2 Å². The molecule has 0 saturated heterocycles. The number of rotatable bonds is 6. The maximum Gasteiger partial charge on any atom is 0.261 e. The number of ether oxygens (including phenoxy) is 2. The molecule has 1 amide bonds.